The van der Waals surface area contributed by atoms with Crippen LogP contribution in [-0.2, 0) is 25.7 Å². The maximum Gasteiger partial charge on any atom is 0.210 e. The number of hydrogen-bond acceptors (Lipinski definition) is 6. The molecule has 34 heavy (non-hydrogen) atoms. The van der Waals surface area contributed by atoms with E-state index in [-0.39, 0.29) is 40.2 Å². The molecule has 0 atom stereocenters. The van der Waals surface area contributed by atoms with Gasteiger partial charge in [-0.05, 0) is 96.5 Å². The lowest BCUT2D eigenvalue weighted by Gasteiger charge is -2.13. The number of benzene rings is 4. The van der Waals surface area contributed by atoms with E-state index in [2.05, 4.69) is 0 Å². The van der Waals surface area contributed by atoms with Crippen molar-refractivity contribution < 1.29 is 30.3 Å². The highest BCUT2D eigenvalue weighted by Crippen LogP contribution is 2.41. The van der Waals surface area contributed by atoms with Crippen molar-refractivity contribution in [1.82, 2.24) is 0 Å². The van der Waals surface area contributed by atoms with Gasteiger partial charge >= 0.3 is 0 Å². The third-order valence-electron chi connectivity index (χ3n) is 5.51. The molecule has 6 heteroatoms. The second-order valence-electron chi connectivity index (χ2n) is 8.24. The van der Waals surface area contributed by atoms with Crippen LogP contribution in [0.25, 0.3) is 0 Å². The van der Waals surface area contributed by atoms with Crippen molar-refractivity contribution in [2.24, 2.45) is 0 Å². The van der Waals surface area contributed by atoms with Crippen LogP contribution in [0.2, 0.25) is 0 Å². The van der Waals surface area contributed by atoms with Gasteiger partial charge in [0.25, 0.3) is 0 Å². The molecule has 5 N–H and O–H groups in total. The summed E-state index contributed by atoms with van der Waals surface area (Å²) in [6.07, 6.45) is 2.43. The molecule has 0 saturated carbocycles. The number of hydrogen-bond donors (Lipinski definition) is 5. The molecule has 4 aromatic carbocycles. The topological polar surface area (TPSA) is 110 Å². The highest BCUT2D eigenvalue weighted by atomic mass is 16.5. The van der Waals surface area contributed by atoms with Gasteiger partial charge < -0.3 is 30.3 Å². The van der Waals surface area contributed by atoms with Crippen LogP contribution in [0.1, 0.15) is 22.3 Å². The third kappa shape index (κ3) is 5.92. The first-order valence-corrected chi connectivity index (χ1v) is 11.0. The highest BCUT2D eigenvalue weighted by Gasteiger charge is 2.14. The summed E-state index contributed by atoms with van der Waals surface area (Å²) in [7, 11) is 0. The number of ether oxygens (including phenoxy) is 1. The van der Waals surface area contributed by atoms with Gasteiger partial charge in [0.2, 0.25) is 5.75 Å². The molecule has 4 aromatic rings. The third-order valence-corrected chi connectivity index (χ3v) is 5.51. The standard InChI is InChI=1S/C28H26O6/c29-22-5-1-3-18(11-22)7-9-20-13-24(31)17-25(14-20)34-28-26(32)15-21(16-27(28)33)10-8-19-4-2-6-23(30)12-19/h1-6,11-17,29-33H,7-10H2. The minimum absolute atomic E-state index is 0.00474. The molecule has 6 nitrogen and oxygen atoms in total. The molecule has 0 fully saturated rings. The van der Waals surface area contributed by atoms with Crippen molar-refractivity contribution in [3.8, 4) is 40.2 Å². The lowest BCUT2D eigenvalue weighted by molar-refractivity contribution is 0.373. The lowest BCUT2D eigenvalue weighted by atomic mass is 10.0. The van der Waals surface area contributed by atoms with E-state index in [1.54, 1.807) is 48.5 Å². The van der Waals surface area contributed by atoms with Crippen LogP contribution in [-0.4, -0.2) is 25.5 Å². The summed E-state index contributed by atoms with van der Waals surface area (Å²) in [5.41, 5.74) is 3.42. The molecule has 0 heterocycles. The maximum absolute atomic E-state index is 10.5. The van der Waals surface area contributed by atoms with Crippen molar-refractivity contribution in [3.05, 3.63) is 101 Å². The number of aryl methyl sites for hydroxylation is 4. The number of rotatable bonds is 8. The minimum Gasteiger partial charge on any atom is -0.508 e. The summed E-state index contributed by atoms with van der Waals surface area (Å²) in [4.78, 5) is 0. The maximum atomic E-state index is 10.5. The first kappa shape index (κ1) is 22.9. The van der Waals surface area contributed by atoms with Gasteiger partial charge in [-0.25, -0.2) is 0 Å². The van der Waals surface area contributed by atoms with Crippen molar-refractivity contribution in [3.63, 3.8) is 0 Å². The Morgan fingerprint density at radius 3 is 1.47 bits per heavy atom. The van der Waals surface area contributed by atoms with Gasteiger partial charge in [-0.15, -0.1) is 0 Å². The Bertz CT molecular complexity index is 1270. The van der Waals surface area contributed by atoms with E-state index in [1.807, 2.05) is 12.1 Å². The van der Waals surface area contributed by atoms with E-state index in [0.717, 1.165) is 16.7 Å². The molecule has 0 radical (unpaired) electrons. The molecule has 0 saturated heterocycles. The Hall–Kier alpha value is -4.32. The molecular formula is C28H26O6. The normalized spacial score (nSPS) is 10.8. The predicted octanol–water partition coefficient (Wildman–Crippen LogP) is 5.58. The molecule has 0 aliphatic carbocycles. The van der Waals surface area contributed by atoms with Gasteiger partial charge in [0.15, 0.2) is 11.5 Å². The molecule has 0 aromatic heterocycles. The van der Waals surface area contributed by atoms with Crippen LogP contribution < -0.4 is 4.74 Å². The number of aromatic hydroxyl groups is 5. The fourth-order valence-corrected chi connectivity index (χ4v) is 3.87. The lowest BCUT2D eigenvalue weighted by Crippen LogP contribution is -1.95. The molecule has 0 spiro atoms. The van der Waals surface area contributed by atoms with E-state index in [4.69, 9.17) is 4.74 Å². The summed E-state index contributed by atoms with van der Waals surface area (Å²) in [6.45, 7) is 0. The Labute approximate surface area is 197 Å². The SMILES string of the molecule is Oc1cccc(CCc2cc(O)cc(Oc3c(O)cc(CCc4cccc(O)c4)cc3O)c2)c1. The first-order chi connectivity index (χ1) is 16.4. The van der Waals surface area contributed by atoms with Gasteiger partial charge in [-0.2, -0.15) is 0 Å². The Kier molecular flexibility index (Phi) is 6.78. The van der Waals surface area contributed by atoms with Gasteiger partial charge in [0, 0.05) is 6.07 Å². The second kappa shape index (κ2) is 10.1. The fraction of sp³-hybridized carbons (Fsp3) is 0.143. The van der Waals surface area contributed by atoms with Crippen LogP contribution in [0.15, 0.2) is 78.9 Å². The quantitative estimate of drug-likeness (QED) is 0.236. The van der Waals surface area contributed by atoms with E-state index < -0.39 is 0 Å². The van der Waals surface area contributed by atoms with Gasteiger partial charge in [0.05, 0.1) is 0 Å². The molecular weight excluding hydrogens is 432 g/mol. The summed E-state index contributed by atoms with van der Waals surface area (Å²) >= 11 is 0. The average Bonchev–Trinajstić information content (AvgIpc) is 2.79. The fourth-order valence-electron chi connectivity index (χ4n) is 3.87. The van der Waals surface area contributed by atoms with Crippen LogP contribution in [0.3, 0.4) is 0 Å². The van der Waals surface area contributed by atoms with Crippen molar-refractivity contribution in [2.75, 3.05) is 0 Å². The van der Waals surface area contributed by atoms with E-state index in [9.17, 15) is 25.5 Å². The van der Waals surface area contributed by atoms with Gasteiger partial charge in [0.1, 0.15) is 23.0 Å². The van der Waals surface area contributed by atoms with Crippen LogP contribution in [0, 0.1) is 0 Å². The Morgan fingerprint density at radius 2 is 0.941 bits per heavy atom. The highest BCUT2D eigenvalue weighted by molar-refractivity contribution is 5.55. The predicted molar refractivity (Wildman–Crippen MR) is 129 cm³/mol. The Morgan fingerprint density at radius 1 is 0.471 bits per heavy atom. The number of phenolic OH excluding ortho intramolecular Hbond substituents is 5. The smallest absolute Gasteiger partial charge is 0.210 e. The second-order valence-corrected chi connectivity index (χ2v) is 8.24. The molecule has 4 rings (SSSR count). The largest absolute Gasteiger partial charge is 0.508 e. The zero-order valence-electron chi connectivity index (χ0n) is 18.5. The average molecular weight is 459 g/mol. The summed E-state index contributed by atoms with van der Waals surface area (Å²) in [5, 5.41) is 50.3. The van der Waals surface area contributed by atoms with Crippen LogP contribution in [0.4, 0.5) is 0 Å². The van der Waals surface area contributed by atoms with Gasteiger partial charge in [-0.3, -0.25) is 0 Å². The van der Waals surface area contributed by atoms with Crippen molar-refractivity contribution in [2.45, 2.75) is 25.7 Å². The summed E-state index contributed by atoms with van der Waals surface area (Å²) in [5.74, 6) is 0.166. The summed E-state index contributed by atoms with van der Waals surface area (Å²) in [6, 6.07) is 21.8. The summed E-state index contributed by atoms with van der Waals surface area (Å²) < 4.78 is 5.73. The molecule has 174 valence electrons. The molecule has 0 aliphatic rings. The zero-order chi connectivity index (χ0) is 24.1. The monoisotopic (exact) mass is 458 g/mol. The van der Waals surface area contributed by atoms with Crippen molar-refractivity contribution in [1.29, 1.82) is 0 Å². The van der Waals surface area contributed by atoms with E-state index in [1.165, 1.54) is 18.2 Å². The van der Waals surface area contributed by atoms with Crippen molar-refractivity contribution >= 4 is 0 Å². The van der Waals surface area contributed by atoms with E-state index in [0.29, 0.717) is 31.2 Å². The number of phenols is 5. The molecule has 0 aliphatic heterocycles. The minimum atomic E-state index is -0.212. The zero-order valence-corrected chi connectivity index (χ0v) is 18.5. The molecule has 0 unspecified atom stereocenters. The molecule has 0 amide bonds. The Balaban J connectivity index is 1.46. The first-order valence-electron chi connectivity index (χ1n) is 11.0. The van der Waals surface area contributed by atoms with Crippen LogP contribution >= 0.6 is 0 Å². The van der Waals surface area contributed by atoms with Gasteiger partial charge in [-0.1, -0.05) is 24.3 Å². The molecule has 0 bridgehead atoms. The van der Waals surface area contributed by atoms with E-state index >= 15 is 0 Å². The van der Waals surface area contributed by atoms with Crippen LogP contribution in [0.5, 0.6) is 40.2 Å².